The summed E-state index contributed by atoms with van der Waals surface area (Å²) in [5.74, 6) is 0.855. The molecule has 9 heteroatoms. The third-order valence-corrected chi connectivity index (χ3v) is 4.80. The maximum atomic E-state index is 12.8. The lowest BCUT2D eigenvalue weighted by atomic mass is 10.2. The van der Waals surface area contributed by atoms with Crippen LogP contribution in [0.1, 0.15) is 5.69 Å². The van der Waals surface area contributed by atoms with E-state index in [1.807, 2.05) is 30.3 Å². The van der Waals surface area contributed by atoms with E-state index in [-0.39, 0.29) is 23.8 Å². The van der Waals surface area contributed by atoms with Gasteiger partial charge in [0.05, 0.1) is 12.8 Å². The van der Waals surface area contributed by atoms with Crippen molar-refractivity contribution in [2.45, 2.75) is 13.5 Å². The summed E-state index contributed by atoms with van der Waals surface area (Å²) in [6, 6.07) is 15.7. The molecule has 0 saturated carbocycles. The van der Waals surface area contributed by atoms with Crippen molar-refractivity contribution in [2.24, 2.45) is 0 Å². The molecular weight excluding hydrogens is 406 g/mol. The van der Waals surface area contributed by atoms with Crippen molar-refractivity contribution >= 4 is 29.0 Å². The number of nitrogens with one attached hydrogen (secondary N) is 1. The Morgan fingerprint density at radius 3 is 2.67 bits per heavy atom. The summed E-state index contributed by atoms with van der Waals surface area (Å²) in [6.45, 7) is 1.67. The average Bonchev–Trinajstić information content (AvgIpc) is 3.18. The zero-order valence-corrected chi connectivity index (χ0v) is 17.1. The van der Waals surface area contributed by atoms with Gasteiger partial charge in [0, 0.05) is 22.3 Å². The Bertz CT molecular complexity index is 1300. The van der Waals surface area contributed by atoms with E-state index in [2.05, 4.69) is 15.4 Å². The van der Waals surface area contributed by atoms with Crippen molar-refractivity contribution in [3.63, 3.8) is 0 Å². The van der Waals surface area contributed by atoms with Crippen LogP contribution in [-0.2, 0) is 11.3 Å². The van der Waals surface area contributed by atoms with E-state index in [4.69, 9.17) is 16.3 Å². The lowest BCUT2D eigenvalue weighted by molar-refractivity contribution is -0.116. The van der Waals surface area contributed by atoms with Gasteiger partial charge in [0.15, 0.2) is 5.82 Å². The summed E-state index contributed by atoms with van der Waals surface area (Å²) >= 11 is 6.03. The lowest BCUT2D eigenvalue weighted by Gasteiger charge is -2.13. The highest BCUT2D eigenvalue weighted by Crippen LogP contribution is 2.27. The molecule has 0 aliphatic rings. The van der Waals surface area contributed by atoms with Gasteiger partial charge in [-0.2, -0.15) is 9.50 Å². The van der Waals surface area contributed by atoms with Crippen LogP contribution in [0.2, 0.25) is 5.02 Å². The number of anilines is 1. The summed E-state index contributed by atoms with van der Waals surface area (Å²) in [5.41, 5.74) is 1.51. The van der Waals surface area contributed by atoms with E-state index in [1.54, 1.807) is 29.7 Å². The van der Waals surface area contributed by atoms with Gasteiger partial charge in [0.25, 0.3) is 5.56 Å². The zero-order chi connectivity index (χ0) is 21.3. The highest BCUT2D eigenvalue weighted by Gasteiger charge is 2.16. The number of amides is 1. The van der Waals surface area contributed by atoms with Gasteiger partial charge >= 0.3 is 0 Å². The highest BCUT2D eigenvalue weighted by atomic mass is 35.5. The fraction of sp³-hybridized carbons (Fsp3) is 0.143. The van der Waals surface area contributed by atoms with Crippen molar-refractivity contribution in [3.05, 3.63) is 75.7 Å². The van der Waals surface area contributed by atoms with Crippen LogP contribution in [0.4, 0.5) is 5.69 Å². The average molecular weight is 424 g/mol. The van der Waals surface area contributed by atoms with E-state index in [9.17, 15) is 9.59 Å². The van der Waals surface area contributed by atoms with E-state index < -0.39 is 0 Å². The number of nitrogens with zero attached hydrogens (tertiary/aromatic N) is 4. The van der Waals surface area contributed by atoms with Gasteiger partial charge in [0.1, 0.15) is 12.3 Å². The molecule has 4 aromatic rings. The molecule has 0 atom stereocenters. The van der Waals surface area contributed by atoms with Crippen LogP contribution >= 0.6 is 11.6 Å². The molecule has 30 heavy (non-hydrogen) atoms. The largest absolute Gasteiger partial charge is 0.495 e. The lowest BCUT2D eigenvalue weighted by Crippen LogP contribution is -2.25. The van der Waals surface area contributed by atoms with Crippen LogP contribution in [0, 0.1) is 6.92 Å². The molecule has 8 nitrogen and oxygen atoms in total. The number of rotatable bonds is 5. The smallest absolute Gasteiger partial charge is 0.275 e. The number of fused-ring (bicyclic) bond motifs is 1. The van der Waals surface area contributed by atoms with Crippen molar-refractivity contribution in [2.75, 3.05) is 12.4 Å². The van der Waals surface area contributed by atoms with Crippen LogP contribution in [0.3, 0.4) is 0 Å². The molecule has 0 spiro atoms. The molecule has 0 aliphatic carbocycles. The Balaban J connectivity index is 1.70. The number of carbonyl (C=O) groups is 1. The number of methoxy groups -OCH3 is 1. The van der Waals surface area contributed by atoms with Gasteiger partial charge in [0.2, 0.25) is 11.7 Å². The molecule has 152 valence electrons. The molecule has 0 radical (unpaired) electrons. The molecule has 0 saturated heterocycles. The summed E-state index contributed by atoms with van der Waals surface area (Å²) in [5, 5.41) is 7.58. The van der Waals surface area contributed by atoms with E-state index in [1.165, 1.54) is 17.7 Å². The van der Waals surface area contributed by atoms with Gasteiger partial charge in [-0.05, 0) is 25.1 Å². The van der Waals surface area contributed by atoms with E-state index in [0.717, 1.165) is 5.56 Å². The molecule has 0 fully saturated rings. The summed E-state index contributed by atoms with van der Waals surface area (Å²) in [6.07, 6.45) is 0. The fourth-order valence-electron chi connectivity index (χ4n) is 3.12. The zero-order valence-electron chi connectivity index (χ0n) is 16.3. The molecule has 4 rings (SSSR count). The monoisotopic (exact) mass is 423 g/mol. The minimum absolute atomic E-state index is 0.0712. The SMILES string of the molecule is COc1ccc(Cl)cc1NC(=O)Cn1c(C)cc(=O)n2nc(-c3ccccc3)nc12. The Hall–Kier alpha value is -3.65. The third-order valence-electron chi connectivity index (χ3n) is 4.57. The quantitative estimate of drug-likeness (QED) is 0.532. The Kier molecular flexibility index (Phi) is 5.24. The number of aromatic nitrogens is 4. The Morgan fingerprint density at radius 2 is 1.93 bits per heavy atom. The Labute approximate surface area is 176 Å². The van der Waals surface area contributed by atoms with Gasteiger partial charge in [-0.3, -0.25) is 9.59 Å². The maximum absolute atomic E-state index is 12.8. The number of halogens is 1. The third kappa shape index (κ3) is 3.77. The molecule has 1 N–H and O–H groups in total. The highest BCUT2D eigenvalue weighted by molar-refractivity contribution is 6.31. The molecule has 0 unspecified atom stereocenters. The Morgan fingerprint density at radius 1 is 1.17 bits per heavy atom. The van der Waals surface area contributed by atoms with Gasteiger partial charge in [-0.15, -0.1) is 5.10 Å². The topological polar surface area (TPSA) is 90.5 Å². The van der Waals surface area contributed by atoms with Crippen LogP contribution in [0.15, 0.2) is 59.4 Å². The van der Waals surface area contributed by atoms with E-state index >= 15 is 0 Å². The minimum Gasteiger partial charge on any atom is -0.495 e. The predicted molar refractivity (Wildman–Crippen MR) is 114 cm³/mol. The van der Waals surface area contributed by atoms with Crippen molar-refractivity contribution < 1.29 is 9.53 Å². The summed E-state index contributed by atoms with van der Waals surface area (Å²) in [4.78, 5) is 29.7. The molecular formula is C21H18ClN5O3. The molecule has 2 aromatic heterocycles. The molecule has 2 heterocycles. The second-order valence-corrected chi connectivity index (χ2v) is 7.05. The maximum Gasteiger partial charge on any atom is 0.275 e. The normalized spacial score (nSPS) is 10.9. The summed E-state index contributed by atoms with van der Waals surface area (Å²) in [7, 11) is 1.51. The van der Waals surface area contributed by atoms with Crippen LogP contribution in [0.25, 0.3) is 17.2 Å². The number of carbonyl (C=O) groups excluding carboxylic acids is 1. The molecule has 1 amide bonds. The first-order valence-electron chi connectivity index (χ1n) is 9.12. The number of aryl methyl sites for hydroxylation is 1. The second-order valence-electron chi connectivity index (χ2n) is 6.62. The molecule has 2 aromatic carbocycles. The number of hydrogen-bond acceptors (Lipinski definition) is 5. The van der Waals surface area contributed by atoms with Crippen LogP contribution in [0.5, 0.6) is 5.75 Å². The van der Waals surface area contributed by atoms with Crippen molar-refractivity contribution in [3.8, 4) is 17.1 Å². The number of hydrogen-bond donors (Lipinski definition) is 1. The standard InChI is InChI=1S/C21H18ClN5O3/c1-13-10-19(29)27-21(24-20(25-27)14-6-4-3-5-7-14)26(13)12-18(28)23-16-11-15(22)8-9-17(16)30-2/h3-11H,12H2,1-2H3,(H,23,28). The van der Waals surface area contributed by atoms with Crippen LogP contribution < -0.4 is 15.6 Å². The molecule has 0 aliphatic heterocycles. The molecule has 0 bridgehead atoms. The van der Waals surface area contributed by atoms with Crippen LogP contribution in [-0.4, -0.2) is 32.2 Å². The predicted octanol–water partition coefficient (Wildman–Crippen LogP) is 3.17. The van der Waals surface area contributed by atoms with Gasteiger partial charge in [-0.25, -0.2) is 0 Å². The number of benzene rings is 2. The minimum atomic E-state index is -0.325. The van der Waals surface area contributed by atoms with Crippen molar-refractivity contribution in [1.29, 1.82) is 0 Å². The summed E-state index contributed by atoms with van der Waals surface area (Å²) < 4.78 is 8.09. The van der Waals surface area contributed by atoms with Gasteiger partial charge < -0.3 is 14.6 Å². The first kappa shape index (κ1) is 19.7. The van der Waals surface area contributed by atoms with Gasteiger partial charge in [-0.1, -0.05) is 41.9 Å². The fourth-order valence-corrected chi connectivity index (χ4v) is 3.29. The van der Waals surface area contributed by atoms with Crippen molar-refractivity contribution in [1.82, 2.24) is 19.2 Å². The number of ether oxygens (including phenoxy) is 1. The second kappa shape index (κ2) is 8.00. The first-order valence-corrected chi connectivity index (χ1v) is 9.50. The first-order chi connectivity index (χ1) is 14.5. The van der Waals surface area contributed by atoms with E-state index in [0.29, 0.717) is 28.0 Å².